The number of esters is 1. The van der Waals surface area contributed by atoms with E-state index in [0.29, 0.717) is 12.0 Å². The molecule has 0 spiro atoms. The van der Waals surface area contributed by atoms with E-state index in [1.54, 1.807) is 23.1 Å². The first-order chi connectivity index (χ1) is 12.4. The molecule has 1 aromatic carbocycles. The molecular weight excluding hydrogens is 358 g/mol. The van der Waals surface area contributed by atoms with Crippen LogP contribution < -0.4 is 0 Å². The Labute approximate surface area is 150 Å². The van der Waals surface area contributed by atoms with Crippen molar-refractivity contribution in [3.8, 4) is 0 Å². The van der Waals surface area contributed by atoms with Gasteiger partial charge < -0.3 is 14.1 Å². The number of carbonyl (C=O) groups is 2. The predicted octanol–water partition coefficient (Wildman–Crippen LogP) is 1.77. The first-order valence-corrected chi connectivity index (χ1v) is 10.4. The first kappa shape index (κ1) is 17.1. The van der Waals surface area contributed by atoms with Gasteiger partial charge in [0.15, 0.2) is 16.4 Å². The lowest BCUT2D eigenvalue weighted by molar-refractivity contribution is -0.137. The van der Waals surface area contributed by atoms with E-state index in [4.69, 9.17) is 9.15 Å². The highest BCUT2D eigenvalue weighted by Crippen LogP contribution is 2.32. The third-order valence-electron chi connectivity index (χ3n) is 4.78. The fourth-order valence-corrected chi connectivity index (χ4v) is 5.12. The maximum absolute atomic E-state index is 12.6. The van der Waals surface area contributed by atoms with Gasteiger partial charge >= 0.3 is 5.97 Å². The highest BCUT2D eigenvalue weighted by molar-refractivity contribution is 7.91. The van der Waals surface area contributed by atoms with E-state index in [9.17, 15) is 18.0 Å². The van der Waals surface area contributed by atoms with Gasteiger partial charge in [0.2, 0.25) is 5.76 Å². The van der Waals surface area contributed by atoms with Gasteiger partial charge in [-0.3, -0.25) is 4.79 Å². The molecule has 1 aromatic heterocycles. The summed E-state index contributed by atoms with van der Waals surface area (Å²) in [6, 6.07) is 8.51. The maximum Gasteiger partial charge on any atom is 0.374 e. The molecule has 2 aromatic rings. The number of ether oxygens (including phenoxy) is 1. The molecule has 1 amide bonds. The molecule has 26 heavy (non-hydrogen) atoms. The summed E-state index contributed by atoms with van der Waals surface area (Å²) < 4.78 is 34.0. The van der Waals surface area contributed by atoms with E-state index in [1.165, 1.54) is 0 Å². The quantitative estimate of drug-likeness (QED) is 0.737. The second-order valence-corrected chi connectivity index (χ2v) is 9.04. The summed E-state index contributed by atoms with van der Waals surface area (Å²) in [6.07, 6.45) is 2.17. The van der Waals surface area contributed by atoms with Crippen LogP contribution in [0.4, 0.5) is 0 Å². The van der Waals surface area contributed by atoms with Crippen LogP contribution >= 0.6 is 0 Å². The minimum absolute atomic E-state index is 0.00718. The SMILES string of the molecule is O=C(OCC(=O)N(C1CC1)[C@@H]1CCS(=O)(=O)C1)c1cc2ccccc2o1. The molecule has 1 saturated carbocycles. The fourth-order valence-electron chi connectivity index (χ4n) is 3.41. The Bertz CT molecular complexity index is 926. The third kappa shape index (κ3) is 3.46. The van der Waals surface area contributed by atoms with Gasteiger partial charge in [0.05, 0.1) is 11.5 Å². The molecule has 1 aliphatic carbocycles. The lowest BCUT2D eigenvalue weighted by Gasteiger charge is -2.28. The third-order valence-corrected chi connectivity index (χ3v) is 6.53. The highest BCUT2D eigenvalue weighted by atomic mass is 32.2. The lowest BCUT2D eigenvalue weighted by atomic mass is 10.2. The van der Waals surface area contributed by atoms with Crippen molar-refractivity contribution in [2.24, 2.45) is 0 Å². The van der Waals surface area contributed by atoms with Crippen LogP contribution in [0.5, 0.6) is 0 Å². The van der Waals surface area contributed by atoms with Crippen molar-refractivity contribution in [2.45, 2.75) is 31.3 Å². The smallest absolute Gasteiger partial charge is 0.374 e. The van der Waals surface area contributed by atoms with Gasteiger partial charge in [-0.05, 0) is 31.4 Å². The molecule has 2 heterocycles. The van der Waals surface area contributed by atoms with E-state index in [1.807, 2.05) is 12.1 Å². The Balaban J connectivity index is 1.41. The number of rotatable bonds is 5. The zero-order valence-corrected chi connectivity index (χ0v) is 14.9. The topological polar surface area (TPSA) is 93.9 Å². The van der Waals surface area contributed by atoms with Crippen molar-refractivity contribution in [2.75, 3.05) is 18.1 Å². The molecule has 8 heteroatoms. The summed E-state index contributed by atoms with van der Waals surface area (Å²) in [4.78, 5) is 26.3. The minimum Gasteiger partial charge on any atom is -0.450 e. The average molecular weight is 377 g/mol. The molecular formula is C18H19NO6S. The molecule has 2 fully saturated rings. The monoisotopic (exact) mass is 377 g/mol. The van der Waals surface area contributed by atoms with Gasteiger partial charge in [-0.2, -0.15) is 0 Å². The summed E-state index contributed by atoms with van der Waals surface area (Å²) >= 11 is 0. The van der Waals surface area contributed by atoms with E-state index in [2.05, 4.69) is 0 Å². The zero-order valence-electron chi connectivity index (χ0n) is 14.1. The number of benzene rings is 1. The van der Waals surface area contributed by atoms with E-state index >= 15 is 0 Å². The summed E-state index contributed by atoms with van der Waals surface area (Å²) in [5, 5.41) is 0.779. The van der Waals surface area contributed by atoms with Crippen LogP contribution in [0.25, 0.3) is 11.0 Å². The normalized spacial score (nSPS) is 21.6. The van der Waals surface area contributed by atoms with Crippen molar-refractivity contribution < 1.29 is 27.2 Å². The number of sulfone groups is 1. The predicted molar refractivity (Wildman–Crippen MR) is 93.4 cm³/mol. The van der Waals surface area contributed by atoms with Crippen LogP contribution in [-0.2, 0) is 19.4 Å². The number of carbonyl (C=O) groups excluding carboxylic acids is 2. The van der Waals surface area contributed by atoms with E-state index < -0.39 is 22.4 Å². The Kier molecular flexibility index (Phi) is 4.22. The summed E-state index contributed by atoms with van der Waals surface area (Å²) in [5.74, 6) is -0.913. The molecule has 2 aliphatic rings. The molecule has 1 atom stereocenters. The number of amides is 1. The summed E-state index contributed by atoms with van der Waals surface area (Å²) in [6.45, 7) is -0.414. The first-order valence-electron chi connectivity index (χ1n) is 8.60. The molecule has 1 saturated heterocycles. The Morgan fingerprint density at radius 2 is 1.92 bits per heavy atom. The molecule has 0 N–H and O–H groups in total. The molecule has 7 nitrogen and oxygen atoms in total. The molecule has 4 rings (SSSR count). The van der Waals surface area contributed by atoms with Gasteiger partial charge in [0.25, 0.3) is 5.91 Å². The minimum atomic E-state index is -3.09. The van der Waals surface area contributed by atoms with Gasteiger partial charge in [0, 0.05) is 17.5 Å². The fraction of sp³-hybridized carbons (Fsp3) is 0.444. The second-order valence-electron chi connectivity index (χ2n) is 6.81. The van der Waals surface area contributed by atoms with Gasteiger partial charge in [0.1, 0.15) is 5.58 Å². The van der Waals surface area contributed by atoms with Crippen LogP contribution in [0, 0.1) is 0 Å². The number of hydrogen-bond donors (Lipinski definition) is 0. The standard InChI is InChI=1S/C18H19NO6S/c20-17(19(13-5-6-13)14-7-8-26(22,23)11-14)10-24-18(21)16-9-12-3-1-2-4-15(12)25-16/h1-4,9,13-14H,5-8,10-11H2/t14-/m1/s1. The molecule has 0 unspecified atom stereocenters. The zero-order chi connectivity index (χ0) is 18.3. The number of fused-ring (bicyclic) bond motifs is 1. The van der Waals surface area contributed by atoms with E-state index in [0.717, 1.165) is 18.2 Å². The van der Waals surface area contributed by atoms with Crippen LogP contribution in [0.15, 0.2) is 34.7 Å². The van der Waals surface area contributed by atoms with Crippen molar-refractivity contribution in [3.63, 3.8) is 0 Å². The van der Waals surface area contributed by atoms with Gasteiger partial charge in [-0.15, -0.1) is 0 Å². The van der Waals surface area contributed by atoms with E-state index in [-0.39, 0.29) is 35.3 Å². The number of furan rings is 1. The largest absolute Gasteiger partial charge is 0.450 e. The molecule has 138 valence electrons. The van der Waals surface area contributed by atoms with Crippen molar-refractivity contribution >= 4 is 32.7 Å². The van der Waals surface area contributed by atoms with Crippen molar-refractivity contribution in [1.82, 2.24) is 4.90 Å². The molecule has 0 radical (unpaired) electrons. The van der Waals surface area contributed by atoms with Crippen LogP contribution in [-0.4, -0.2) is 55.4 Å². The van der Waals surface area contributed by atoms with Crippen LogP contribution in [0.3, 0.4) is 0 Å². The Morgan fingerprint density at radius 3 is 2.58 bits per heavy atom. The molecule has 0 bridgehead atoms. The Hall–Kier alpha value is -2.35. The van der Waals surface area contributed by atoms with Gasteiger partial charge in [-0.25, -0.2) is 13.2 Å². The number of nitrogens with zero attached hydrogens (tertiary/aromatic N) is 1. The van der Waals surface area contributed by atoms with Crippen LogP contribution in [0.1, 0.15) is 29.8 Å². The number of para-hydroxylation sites is 1. The second kappa shape index (κ2) is 6.42. The van der Waals surface area contributed by atoms with Crippen molar-refractivity contribution in [1.29, 1.82) is 0 Å². The Morgan fingerprint density at radius 1 is 1.15 bits per heavy atom. The number of hydrogen-bond acceptors (Lipinski definition) is 6. The van der Waals surface area contributed by atoms with Gasteiger partial charge in [-0.1, -0.05) is 18.2 Å². The summed E-state index contributed by atoms with van der Waals surface area (Å²) in [5.41, 5.74) is 0.571. The average Bonchev–Trinajstić information content (AvgIpc) is 3.22. The lowest BCUT2D eigenvalue weighted by Crippen LogP contribution is -2.44. The summed E-state index contributed by atoms with van der Waals surface area (Å²) in [7, 11) is -3.09. The van der Waals surface area contributed by atoms with Crippen molar-refractivity contribution in [3.05, 3.63) is 36.1 Å². The van der Waals surface area contributed by atoms with Crippen LogP contribution in [0.2, 0.25) is 0 Å². The highest BCUT2D eigenvalue weighted by Gasteiger charge is 2.42. The molecule has 1 aliphatic heterocycles. The maximum atomic E-state index is 12.6.